The van der Waals surface area contributed by atoms with E-state index in [1.54, 1.807) is 25.1 Å². The summed E-state index contributed by atoms with van der Waals surface area (Å²) in [5.41, 5.74) is 3.33. The van der Waals surface area contributed by atoms with Crippen molar-refractivity contribution < 1.29 is 27.9 Å². The molecule has 1 fully saturated rings. The molecule has 1 atom stereocenters. The fourth-order valence-electron chi connectivity index (χ4n) is 5.13. The van der Waals surface area contributed by atoms with Crippen molar-refractivity contribution in [3.05, 3.63) is 89.6 Å². The van der Waals surface area contributed by atoms with Gasteiger partial charge in [-0.3, -0.25) is 9.59 Å². The van der Waals surface area contributed by atoms with Crippen LogP contribution in [0.25, 0.3) is 22.3 Å². The molecule has 0 bridgehead atoms. The van der Waals surface area contributed by atoms with Crippen molar-refractivity contribution in [2.75, 3.05) is 31.1 Å². The van der Waals surface area contributed by atoms with Gasteiger partial charge < -0.3 is 14.9 Å². The molecule has 1 aliphatic heterocycles. The van der Waals surface area contributed by atoms with Gasteiger partial charge in [0.15, 0.2) is 0 Å². The Kier molecular flexibility index (Phi) is 8.42. The van der Waals surface area contributed by atoms with Gasteiger partial charge in [0.2, 0.25) is 0 Å². The number of aryl methyl sites for hydroxylation is 1. The van der Waals surface area contributed by atoms with Crippen molar-refractivity contribution in [1.29, 1.82) is 0 Å². The molecule has 1 amide bonds. The van der Waals surface area contributed by atoms with Gasteiger partial charge >= 0.3 is 12.1 Å². The summed E-state index contributed by atoms with van der Waals surface area (Å²) in [5.74, 6) is -1.54. The van der Waals surface area contributed by atoms with Crippen LogP contribution < -0.4 is 4.90 Å². The molecule has 218 valence electrons. The number of carbonyl (C=O) groups is 2. The van der Waals surface area contributed by atoms with E-state index in [2.05, 4.69) is 17.0 Å². The Bertz CT molecular complexity index is 1570. The molecule has 4 aromatic rings. The second kappa shape index (κ2) is 12.2. The summed E-state index contributed by atoms with van der Waals surface area (Å²) in [6.45, 7) is 4.23. The van der Waals surface area contributed by atoms with E-state index in [0.29, 0.717) is 65.9 Å². The molecule has 2 heterocycles. The minimum atomic E-state index is -4.46. The van der Waals surface area contributed by atoms with Crippen LogP contribution in [0.3, 0.4) is 0 Å². The molecule has 5 rings (SSSR count). The monoisotopic (exact) mass is 576 g/mol. The highest BCUT2D eigenvalue weighted by Gasteiger charge is 2.30. The van der Waals surface area contributed by atoms with E-state index in [4.69, 9.17) is 9.97 Å². The molecule has 7 nitrogen and oxygen atoms in total. The first-order valence-electron chi connectivity index (χ1n) is 13.9. The third kappa shape index (κ3) is 6.53. The number of aliphatic carboxylic acids is 1. The molecule has 10 heteroatoms. The second-order valence-corrected chi connectivity index (χ2v) is 10.5. The van der Waals surface area contributed by atoms with Crippen LogP contribution in [0, 0.1) is 5.92 Å². The van der Waals surface area contributed by atoms with E-state index in [0.717, 1.165) is 30.9 Å². The Labute approximate surface area is 241 Å². The van der Waals surface area contributed by atoms with E-state index in [1.807, 2.05) is 23.1 Å². The molecule has 1 aromatic heterocycles. The maximum absolute atomic E-state index is 13.4. The molecule has 1 aliphatic rings. The third-order valence-electron chi connectivity index (χ3n) is 7.63. The molecule has 1 N–H and O–H groups in total. The van der Waals surface area contributed by atoms with Gasteiger partial charge in [-0.1, -0.05) is 37.3 Å². The maximum Gasteiger partial charge on any atom is 0.416 e. The number of para-hydroxylation sites is 1. The lowest BCUT2D eigenvalue weighted by atomic mass is 10.00. The average molecular weight is 577 g/mol. The number of halogens is 3. The zero-order valence-electron chi connectivity index (χ0n) is 23.1. The van der Waals surface area contributed by atoms with Crippen molar-refractivity contribution in [3.63, 3.8) is 0 Å². The highest BCUT2D eigenvalue weighted by molar-refractivity contribution is 5.97. The summed E-state index contributed by atoms with van der Waals surface area (Å²) in [7, 11) is 0. The van der Waals surface area contributed by atoms with Gasteiger partial charge in [-0.05, 0) is 61.7 Å². The minimum Gasteiger partial charge on any atom is -0.481 e. The van der Waals surface area contributed by atoms with Gasteiger partial charge in [0, 0.05) is 43.0 Å². The highest BCUT2D eigenvalue weighted by atomic mass is 19.4. The summed E-state index contributed by atoms with van der Waals surface area (Å²) in [6, 6.07) is 19.9. The van der Waals surface area contributed by atoms with Crippen molar-refractivity contribution >= 4 is 28.6 Å². The van der Waals surface area contributed by atoms with Gasteiger partial charge in [0.05, 0.1) is 33.9 Å². The van der Waals surface area contributed by atoms with Crippen molar-refractivity contribution in [3.8, 4) is 11.3 Å². The lowest BCUT2D eigenvalue weighted by Gasteiger charge is -2.36. The normalized spacial score (nSPS) is 14.7. The first-order valence-corrected chi connectivity index (χ1v) is 13.9. The fourth-order valence-corrected chi connectivity index (χ4v) is 5.13. The van der Waals surface area contributed by atoms with E-state index < -0.39 is 23.6 Å². The van der Waals surface area contributed by atoms with Crippen LogP contribution in [0.5, 0.6) is 0 Å². The van der Waals surface area contributed by atoms with Gasteiger partial charge in [-0.15, -0.1) is 0 Å². The highest BCUT2D eigenvalue weighted by Crippen LogP contribution is 2.32. The number of piperazine rings is 1. The summed E-state index contributed by atoms with van der Waals surface area (Å²) in [6.07, 6.45) is -3.16. The molecule has 0 radical (unpaired) electrons. The zero-order valence-corrected chi connectivity index (χ0v) is 23.1. The first kappa shape index (κ1) is 29.0. The number of fused-ring (bicyclic) bond motifs is 1. The predicted octanol–water partition coefficient (Wildman–Crippen LogP) is 6.32. The van der Waals surface area contributed by atoms with Gasteiger partial charge in [0.25, 0.3) is 5.91 Å². The first-order chi connectivity index (χ1) is 20.1. The zero-order chi connectivity index (χ0) is 29.9. The Morgan fingerprint density at radius 1 is 0.905 bits per heavy atom. The Morgan fingerprint density at radius 2 is 1.60 bits per heavy atom. The SMILES string of the molecule is CC(CCCc1nc2cc(C(=O)N3CCN(c4ccccc4)CC3)ccc2nc1-c1ccc(C(F)(F)F)cc1)C(=O)O. The average Bonchev–Trinajstić information content (AvgIpc) is 3.00. The van der Waals surface area contributed by atoms with Crippen LogP contribution in [0.4, 0.5) is 18.9 Å². The molecule has 1 unspecified atom stereocenters. The van der Waals surface area contributed by atoms with E-state index in [1.165, 1.54) is 12.1 Å². The van der Waals surface area contributed by atoms with Gasteiger partial charge in [-0.2, -0.15) is 13.2 Å². The Balaban J connectivity index is 1.40. The van der Waals surface area contributed by atoms with E-state index in [-0.39, 0.29) is 5.91 Å². The summed E-state index contributed by atoms with van der Waals surface area (Å²) in [4.78, 5) is 38.3. The molecule has 0 aliphatic carbocycles. The Morgan fingerprint density at radius 3 is 2.24 bits per heavy atom. The topological polar surface area (TPSA) is 86.6 Å². The smallest absolute Gasteiger partial charge is 0.416 e. The summed E-state index contributed by atoms with van der Waals surface area (Å²) in [5, 5.41) is 9.25. The number of aromatic nitrogens is 2. The number of hydrogen-bond acceptors (Lipinski definition) is 5. The van der Waals surface area contributed by atoms with Crippen molar-refractivity contribution in [2.45, 2.75) is 32.4 Å². The van der Waals surface area contributed by atoms with E-state index in [9.17, 15) is 27.9 Å². The molecular weight excluding hydrogens is 545 g/mol. The Hall–Kier alpha value is -4.47. The molecule has 0 spiro atoms. The van der Waals surface area contributed by atoms with Crippen LogP contribution in [0.1, 0.15) is 41.4 Å². The minimum absolute atomic E-state index is 0.102. The number of nitrogens with zero attached hydrogens (tertiary/aromatic N) is 4. The predicted molar refractivity (Wildman–Crippen MR) is 154 cm³/mol. The molecule has 0 saturated carbocycles. The molecule has 1 saturated heterocycles. The van der Waals surface area contributed by atoms with E-state index >= 15 is 0 Å². The van der Waals surface area contributed by atoms with Crippen LogP contribution in [-0.4, -0.2) is 58.0 Å². The standard InChI is InChI=1S/C32H31F3N4O3/c1-21(31(41)42)6-5-9-27-29(22-10-13-24(14-11-22)32(33,34)35)37-26-15-12-23(20-28(26)36-27)30(40)39-18-16-38(17-19-39)25-7-3-2-4-8-25/h2-4,7-8,10-15,20-21H,5-6,9,16-19H2,1H3,(H,41,42). The fraction of sp³-hybridized carbons (Fsp3) is 0.312. The molecule has 42 heavy (non-hydrogen) atoms. The summed E-state index contributed by atoms with van der Waals surface area (Å²) < 4.78 is 39.4. The molecule has 3 aromatic carbocycles. The number of anilines is 1. The summed E-state index contributed by atoms with van der Waals surface area (Å²) >= 11 is 0. The van der Waals surface area contributed by atoms with Crippen molar-refractivity contribution in [1.82, 2.24) is 14.9 Å². The van der Waals surface area contributed by atoms with Crippen LogP contribution >= 0.6 is 0 Å². The number of benzene rings is 3. The van der Waals surface area contributed by atoms with Crippen molar-refractivity contribution in [2.24, 2.45) is 5.92 Å². The maximum atomic E-state index is 13.4. The number of carboxylic acids is 1. The lowest BCUT2D eigenvalue weighted by Crippen LogP contribution is -2.48. The second-order valence-electron chi connectivity index (χ2n) is 10.5. The number of carboxylic acid groups (broad SMARTS) is 1. The number of carbonyl (C=O) groups excluding carboxylic acids is 1. The number of hydrogen-bond donors (Lipinski definition) is 1. The number of amides is 1. The lowest BCUT2D eigenvalue weighted by molar-refractivity contribution is -0.141. The third-order valence-corrected chi connectivity index (χ3v) is 7.63. The van der Waals surface area contributed by atoms with Crippen LogP contribution in [0.15, 0.2) is 72.8 Å². The number of rotatable bonds is 8. The van der Waals surface area contributed by atoms with Crippen LogP contribution in [0.2, 0.25) is 0 Å². The van der Waals surface area contributed by atoms with Crippen LogP contribution in [-0.2, 0) is 17.4 Å². The molecular formula is C32H31F3N4O3. The number of alkyl halides is 3. The van der Waals surface area contributed by atoms with Gasteiger partial charge in [0.1, 0.15) is 0 Å². The quantitative estimate of drug-likeness (QED) is 0.264. The van der Waals surface area contributed by atoms with Gasteiger partial charge in [-0.25, -0.2) is 9.97 Å². The largest absolute Gasteiger partial charge is 0.481 e.